The van der Waals surface area contributed by atoms with Gasteiger partial charge in [-0.3, -0.25) is 4.79 Å². The van der Waals surface area contributed by atoms with E-state index in [9.17, 15) is 18.0 Å². The van der Waals surface area contributed by atoms with Crippen molar-refractivity contribution in [3.8, 4) is 0 Å². The minimum atomic E-state index is -4.38. The number of hydrogen-bond acceptors (Lipinski definition) is 3. The number of aromatic nitrogens is 1. The minimum Gasteiger partial charge on any atom is -0.361 e. The molecule has 0 spiro atoms. The van der Waals surface area contributed by atoms with Crippen molar-refractivity contribution < 1.29 is 22.5 Å². The van der Waals surface area contributed by atoms with Crippen LogP contribution in [0, 0.1) is 13.8 Å². The number of amides is 1. The monoisotopic (exact) mass is 338 g/mol. The van der Waals surface area contributed by atoms with Crippen molar-refractivity contribution in [1.82, 2.24) is 10.5 Å². The van der Waals surface area contributed by atoms with Crippen molar-refractivity contribution in [3.63, 3.8) is 0 Å². The highest BCUT2D eigenvalue weighted by Crippen LogP contribution is 2.46. The molecule has 0 aliphatic heterocycles. The van der Waals surface area contributed by atoms with Gasteiger partial charge in [-0.05, 0) is 31.9 Å². The standard InChI is InChI=1S/C17H17F3N2O2/c1-9-12(10(2)24-22-9)8-16(23)21-15-7-13(15)11-5-3-4-6-14(11)17(18,19)20/h3-6,13,15H,7-8H2,1-2H3,(H,21,23). The maximum atomic E-state index is 13.1. The molecule has 2 unspecified atom stereocenters. The summed E-state index contributed by atoms with van der Waals surface area (Å²) in [5.74, 6) is 0.0512. The lowest BCUT2D eigenvalue weighted by Crippen LogP contribution is -2.28. The number of benzene rings is 1. The number of nitrogens with zero attached hydrogens (tertiary/aromatic N) is 1. The van der Waals surface area contributed by atoms with E-state index in [1.807, 2.05) is 0 Å². The summed E-state index contributed by atoms with van der Waals surface area (Å²) >= 11 is 0. The molecule has 7 heteroatoms. The quantitative estimate of drug-likeness (QED) is 0.928. The van der Waals surface area contributed by atoms with Gasteiger partial charge in [-0.15, -0.1) is 0 Å². The highest BCUT2D eigenvalue weighted by Gasteiger charge is 2.44. The van der Waals surface area contributed by atoms with Gasteiger partial charge in [0.15, 0.2) is 0 Å². The first-order valence-corrected chi connectivity index (χ1v) is 7.64. The van der Waals surface area contributed by atoms with Gasteiger partial charge in [0.1, 0.15) is 5.76 Å². The number of aryl methyl sites for hydroxylation is 2. The third-order valence-electron chi connectivity index (χ3n) is 4.32. The summed E-state index contributed by atoms with van der Waals surface area (Å²) in [5, 5.41) is 6.58. The molecule has 2 aromatic rings. The molecule has 0 saturated heterocycles. The molecular formula is C17H17F3N2O2. The maximum absolute atomic E-state index is 13.1. The molecule has 4 nitrogen and oxygen atoms in total. The summed E-state index contributed by atoms with van der Waals surface area (Å²) in [5.41, 5.74) is 0.989. The third kappa shape index (κ3) is 3.29. The lowest BCUT2D eigenvalue weighted by atomic mass is 10.0. The summed E-state index contributed by atoms with van der Waals surface area (Å²) in [6, 6.07) is 5.26. The van der Waals surface area contributed by atoms with Crippen LogP contribution >= 0.6 is 0 Å². The Bertz CT molecular complexity index is 748. The molecule has 0 radical (unpaired) electrons. The fourth-order valence-corrected chi connectivity index (χ4v) is 2.95. The lowest BCUT2D eigenvalue weighted by Gasteiger charge is -2.12. The average molecular weight is 338 g/mol. The summed E-state index contributed by atoms with van der Waals surface area (Å²) in [4.78, 5) is 12.1. The Morgan fingerprint density at radius 2 is 2.04 bits per heavy atom. The van der Waals surface area contributed by atoms with Crippen LogP contribution in [-0.2, 0) is 17.4 Å². The smallest absolute Gasteiger partial charge is 0.361 e. The number of carbonyl (C=O) groups is 1. The molecule has 128 valence electrons. The molecule has 24 heavy (non-hydrogen) atoms. The normalized spacial score (nSPS) is 20.0. The largest absolute Gasteiger partial charge is 0.416 e. The molecule has 0 bridgehead atoms. The first-order chi connectivity index (χ1) is 11.3. The zero-order chi connectivity index (χ0) is 17.5. The van der Waals surface area contributed by atoms with Gasteiger partial charge in [0.2, 0.25) is 5.91 Å². The van der Waals surface area contributed by atoms with Crippen molar-refractivity contribution in [3.05, 3.63) is 52.4 Å². The SMILES string of the molecule is Cc1noc(C)c1CC(=O)NC1CC1c1ccccc1C(F)(F)F. The van der Waals surface area contributed by atoms with E-state index in [-0.39, 0.29) is 29.9 Å². The molecule has 1 saturated carbocycles. The Labute approximate surface area is 137 Å². The van der Waals surface area contributed by atoms with Gasteiger partial charge < -0.3 is 9.84 Å². The van der Waals surface area contributed by atoms with E-state index in [4.69, 9.17) is 4.52 Å². The average Bonchev–Trinajstić information content (AvgIpc) is 3.21. The van der Waals surface area contributed by atoms with E-state index in [1.165, 1.54) is 12.1 Å². The summed E-state index contributed by atoms with van der Waals surface area (Å²) < 4.78 is 44.2. The second-order valence-electron chi connectivity index (χ2n) is 6.08. The van der Waals surface area contributed by atoms with Crippen molar-refractivity contribution >= 4 is 5.91 Å². The van der Waals surface area contributed by atoms with E-state index >= 15 is 0 Å². The number of nitrogens with one attached hydrogen (secondary N) is 1. The number of alkyl halides is 3. The van der Waals surface area contributed by atoms with E-state index in [0.29, 0.717) is 17.9 Å². The molecule has 1 aromatic carbocycles. The topological polar surface area (TPSA) is 55.1 Å². The lowest BCUT2D eigenvalue weighted by molar-refractivity contribution is -0.138. The molecule has 1 amide bonds. The second-order valence-corrected chi connectivity index (χ2v) is 6.08. The van der Waals surface area contributed by atoms with E-state index in [2.05, 4.69) is 10.5 Å². The number of hydrogen-bond donors (Lipinski definition) is 1. The number of halogens is 3. The first-order valence-electron chi connectivity index (χ1n) is 7.64. The van der Waals surface area contributed by atoms with Gasteiger partial charge in [0.05, 0.1) is 17.7 Å². The van der Waals surface area contributed by atoms with Crippen LogP contribution in [0.15, 0.2) is 28.8 Å². The fourth-order valence-electron chi connectivity index (χ4n) is 2.95. The van der Waals surface area contributed by atoms with Crippen LogP contribution in [0.2, 0.25) is 0 Å². The molecule has 1 aromatic heterocycles. The molecular weight excluding hydrogens is 321 g/mol. The molecule has 2 atom stereocenters. The first kappa shape index (κ1) is 16.5. The Balaban J connectivity index is 1.66. The third-order valence-corrected chi connectivity index (χ3v) is 4.32. The summed E-state index contributed by atoms with van der Waals surface area (Å²) in [6.45, 7) is 3.47. The Morgan fingerprint density at radius 1 is 1.33 bits per heavy atom. The van der Waals surface area contributed by atoms with Crippen LogP contribution in [0.3, 0.4) is 0 Å². The zero-order valence-electron chi connectivity index (χ0n) is 13.3. The van der Waals surface area contributed by atoms with Crippen LogP contribution in [0.1, 0.15) is 40.5 Å². The minimum absolute atomic E-state index is 0.116. The Morgan fingerprint density at radius 3 is 2.67 bits per heavy atom. The van der Waals surface area contributed by atoms with E-state index < -0.39 is 11.7 Å². The van der Waals surface area contributed by atoms with Crippen molar-refractivity contribution in [2.75, 3.05) is 0 Å². The zero-order valence-corrected chi connectivity index (χ0v) is 13.3. The van der Waals surface area contributed by atoms with Crippen molar-refractivity contribution in [1.29, 1.82) is 0 Å². The highest BCUT2D eigenvalue weighted by molar-refractivity contribution is 5.79. The summed E-state index contributed by atoms with van der Waals surface area (Å²) in [6.07, 6.45) is -3.75. The predicted octanol–water partition coefficient (Wildman–Crippen LogP) is 3.53. The number of carbonyl (C=O) groups excluding carboxylic acids is 1. The van der Waals surface area contributed by atoms with Gasteiger partial charge in [-0.2, -0.15) is 13.2 Å². The van der Waals surface area contributed by atoms with Crippen molar-refractivity contribution in [2.45, 2.75) is 44.8 Å². The predicted molar refractivity (Wildman–Crippen MR) is 80.4 cm³/mol. The van der Waals surface area contributed by atoms with Crippen LogP contribution in [-0.4, -0.2) is 17.1 Å². The van der Waals surface area contributed by atoms with Crippen LogP contribution in [0.5, 0.6) is 0 Å². The Hall–Kier alpha value is -2.31. The van der Waals surface area contributed by atoms with E-state index in [1.54, 1.807) is 19.9 Å². The van der Waals surface area contributed by atoms with Gasteiger partial charge in [0, 0.05) is 17.5 Å². The van der Waals surface area contributed by atoms with Crippen LogP contribution in [0.25, 0.3) is 0 Å². The van der Waals surface area contributed by atoms with Gasteiger partial charge in [-0.25, -0.2) is 0 Å². The summed E-state index contributed by atoms with van der Waals surface area (Å²) in [7, 11) is 0. The molecule has 1 fully saturated rings. The second kappa shape index (κ2) is 5.96. The van der Waals surface area contributed by atoms with Gasteiger partial charge >= 0.3 is 6.18 Å². The van der Waals surface area contributed by atoms with Crippen LogP contribution < -0.4 is 5.32 Å². The van der Waals surface area contributed by atoms with Crippen LogP contribution in [0.4, 0.5) is 13.2 Å². The molecule has 1 aliphatic rings. The van der Waals surface area contributed by atoms with Crippen molar-refractivity contribution in [2.24, 2.45) is 0 Å². The molecule has 3 rings (SSSR count). The van der Waals surface area contributed by atoms with E-state index in [0.717, 1.165) is 11.6 Å². The number of rotatable bonds is 4. The molecule has 1 heterocycles. The molecule has 1 N–H and O–H groups in total. The Kier molecular flexibility index (Phi) is 4.11. The maximum Gasteiger partial charge on any atom is 0.416 e. The molecule has 1 aliphatic carbocycles. The highest BCUT2D eigenvalue weighted by atomic mass is 19.4. The van der Waals surface area contributed by atoms with Gasteiger partial charge in [0.25, 0.3) is 0 Å². The van der Waals surface area contributed by atoms with Gasteiger partial charge in [-0.1, -0.05) is 23.4 Å². The fraction of sp³-hybridized carbons (Fsp3) is 0.412.